The molecule has 0 aliphatic heterocycles. The van der Waals surface area contributed by atoms with E-state index < -0.39 is 17.7 Å². The van der Waals surface area contributed by atoms with Gasteiger partial charge in [-0.2, -0.15) is 0 Å². The van der Waals surface area contributed by atoms with E-state index in [1.54, 1.807) is 11.9 Å². The molecule has 41 heavy (non-hydrogen) atoms. The number of rotatable bonds is 10. The highest BCUT2D eigenvalue weighted by atomic mass is 32.1. The lowest BCUT2D eigenvalue weighted by Crippen LogP contribution is -2.55. The van der Waals surface area contributed by atoms with Gasteiger partial charge in [-0.3, -0.25) is 9.69 Å². The van der Waals surface area contributed by atoms with Gasteiger partial charge in [0.15, 0.2) is 5.11 Å². The summed E-state index contributed by atoms with van der Waals surface area (Å²) < 4.78 is 5.67. The molecular formula is C33H42N4O3S. The molecule has 1 fully saturated rings. The minimum atomic E-state index is -0.758. The molecule has 2 unspecified atom stereocenters. The summed E-state index contributed by atoms with van der Waals surface area (Å²) in [5.74, 6) is -0.157. The first-order chi connectivity index (χ1) is 19.5. The minimum absolute atomic E-state index is 0.157. The molecule has 1 saturated carbocycles. The number of amides is 2. The number of benzene rings is 3. The molecule has 3 aromatic rings. The number of carbonyl (C=O) groups excluding carboxylic acids is 2. The van der Waals surface area contributed by atoms with Crippen LogP contribution in [0.25, 0.3) is 10.8 Å². The van der Waals surface area contributed by atoms with Crippen molar-refractivity contribution in [3.63, 3.8) is 0 Å². The highest BCUT2D eigenvalue weighted by Gasteiger charge is 2.34. The molecule has 1 aliphatic rings. The van der Waals surface area contributed by atoms with Gasteiger partial charge >= 0.3 is 6.09 Å². The number of nitrogens with one attached hydrogen (secondary N) is 2. The Bertz CT molecular complexity index is 1350. The number of likely N-dealkylation sites (N-methyl/N-ethyl adjacent to an activating group) is 2. The Morgan fingerprint density at radius 1 is 0.902 bits per heavy atom. The molecular weight excluding hydrogens is 532 g/mol. The second-order valence-electron chi connectivity index (χ2n) is 11.9. The van der Waals surface area contributed by atoms with Crippen LogP contribution in [0.4, 0.5) is 4.79 Å². The maximum absolute atomic E-state index is 14.3. The Balaban J connectivity index is 1.59. The van der Waals surface area contributed by atoms with E-state index in [4.69, 9.17) is 17.0 Å². The van der Waals surface area contributed by atoms with E-state index in [2.05, 4.69) is 47.0 Å². The molecule has 3 aromatic carbocycles. The van der Waals surface area contributed by atoms with E-state index in [1.807, 2.05) is 64.2 Å². The third-order valence-corrected chi connectivity index (χ3v) is 7.56. The molecule has 0 heterocycles. The maximum Gasteiger partial charge on any atom is 0.410 e. The molecule has 8 heteroatoms. The average molecular weight is 575 g/mol. The van der Waals surface area contributed by atoms with Crippen LogP contribution in [-0.2, 0) is 22.4 Å². The molecule has 7 nitrogen and oxygen atoms in total. The van der Waals surface area contributed by atoms with Crippen molar-refractivity contribution in [2.45, 2.75) is 70.2 Å². The Hall–Kier alpha value is -3.65. The average Bonchev–Trinajstić information content (AvgIpc) is 3.76. The fraction of sp³-hybridized carbons (Fsp3) is 0.424. The minimum Gasteiger partial charge on any atom is -0.444 e. The van der Waals surface area contributed by atoms with Gasteiger partial charge in [0.2, 0.25) is 5.91 Å². The zero-order chi connectivity index (χ0) is 29.6. The zero-order valence-corrected chi connectivity index (χ0v) is 25.5. The summed E-state index contributed by atoms with van der Waals surface area (Å²) in [5, 5.41) is 9.46. The Kier molecular flexibility index (Phi) is 9.86. The molecule has 0 saturated heterocycles. The number of fused-ring (bicyclic) bond motifs is 1. The van der Waals surface area contributed by atoms with Gasteiger partial charge in [0.1, 0.15) is 11.6 Å². The Morgan fingerprint density at radius 3 is 2.22 bits per heavy atom. The molecule has 218 valence electrons. The second kappa shape index (κ2) is 13.3. The SMILES string of the molecule is CN(C(=O)C(Cc1ccc2ccccc2c1)N(C)C(=O)OC(C)(C)C)C(CNC(=S)NC1CC1)Cc1ccccc1. The number of hydrogen-bond donors (Lipinski definition) is 2. The smallest absolute Gasteiger partial charge is 0.410 e. The molecule has 2 N–H and O–H groups in total. The van der Waals surface area contributed by atoms with E-state index >= 15 is 0 Å². The van der Waals surface area contributed by atoms with Crippen molar-refractivity contribution in [1.82, 2.24) is 20.4 Å². The van der Waals surface area contributed by atoms with Gasteiger partial charge < -0.3 is 20.3 Å². The Morgan fingerprint density at radius 2 is 1.56 bits per heavy atom. The van der Waals surface area contributed by atoms with Crippen molar-refractivity contribution < 1.29 is 14.3 Å². The van der Waals surface area contributed by atoms with Gasteiger partial charge in [-0.05, 0) is 74.2 Å². The third-order valence-electron chi connectivity index (χ3n) is 7.30. The lowest BCUT2D eigenvalue weighted by Gasteiger charge is -2.36. The highest BCUT2D eigenvalue weighted by molar-refractivity contribution is 7.80. The first-order valence-corrected chi connectivity index (χ1v) is 14.7. The predicted molar refractivity (Wildman–Crippen MR) is 169 cm³/mol. The number of thiocarbonyl (C=S) groups is 1. The number of ether oxygens (including phenoxy) is 1. The fourth-order valence-electron chi connectivity index (χ4n) is 4.76. The number of nitrogens with zero attached hydrogens (tertiary/aromatic N) is 2. The molecule has 4 rings (SSSR count). The van der Waals surface area contributed by atoms with Gasteiger partial charge in [0, 0.05) is 33.1 Å². The standard InChI is InChI=1S/C33H42N4O3S/c1-33(2,3)40-32(39)37(5)29(21-24-15-16-25-13-9-10-14-26(25)19-24)30(38)36(4)28(20-23-11-7-6-8-12-23)22-34-31(41)35-27-17-18-27/h6-16,19,27-29H,17-18,20-22H2,1-5H3,(H2,34,35,41). The van der Waals surface area contributed by atoms with Crippen LogP contribution < -0.4 is 10.6 Å². The van der Waals surface area contributed by atoms with Gasteiger partial charge in [0.05, 0.1) is 6.04 Å². The normalized spacial score (nSPS) is 14.6. The van der Waals surface area contributed by atoms with Crippen molar-refractivity contribution in [3.05, 3.63) is 83.9 Å². The molecule has 0 aromatic heterocycles. The largest absolute Gasteiger partial charge is 0.444 e. The third kappa shape index (κ3) is 8.92. The summed E-state index contributed by atoms with van der Waals surface area (Å²) in [6, 6.07) is 23.9. The van der Waals surface area contributed by atoms with Crippen LogP contribution in [0.5, 0.6) is 0 Å². The summed E-state index contributed by atoms with van der Waals surface area (Å²) in [7, 11) is 3.45. The van der Waals surface area contributed by atoms with Crippen LogP contribution >= 0.6 is 12.2 Å². The molecule has 1 aliphatic carbocycles. The van der Waals surface area contributed by atoms with Crippen molar-refractivity contribution in [3.8, 4) is 0 Å². The van der Waals surface area contributed by atoms with Crippen molar-refractivity contribution in [2.24, 2.45) is 0 Å². The van der Waals surface area contributed by atoms with Gasteiger partial charge in [-0.1, -0.05) is 72.8 Å². The summed E-state index contributed by atoms with van der Waals surface area (Å²) >= 11 is 5.51. The summed E-state index contributed by atoms with van der Waals surface area (Å²) in [6.07, 6.45) is 2.72. The Labute approximate surface area is 249 Å². The van der Waals surface area contributed by atoms with Crippen LogP contribution in [0, 0.1) is 0 Å². The van der Waals surface area contributed by atoms with E-state index in [-0.39, 0.29) is 11.9 Å². The first-order valence-electron chi connectivity index (χ1n) is 14.3. The quantitative estimate of drug-likeness (QED) is 0.320. The lowest BCUT2D eigenvalue weighted by atomic mass is 9.99. The molecule has 2 amide bonds. The molecule has 2 atom stereocenters. The summed E-state index contributed by atoms with van der Waals surface area (Å²) in [6.45, 7) is 5.95. The van der Waals surface area contributed by atoms with Crippen LogP contribution in [0.1, 0.15) is 44.7 Å². The number of carbonyl (C=O) groups is 2. The molecule has 0 spiro atoms. The molecule has 0 radical (unpaired) electrons. The van der Waals surface area contributed by atoms with Crippen LogP contribution in [0.2, 0.25) is 0 Å². The van der Waals surface area contributed by atoms with E-state index in [0.717, 1.165) is 34.7 Å². The van der Waals surface area contributed by atoms with Crippen molar-refractivity contribution >= 4 is 40.1 Å². The van der Waals surface area contributed by atoms with E-state index in [9.17, 15) is 9.59 Å². The highest BCUT2D eigenvalue weighted by Crippen LogP contribution is 2.21. The van der Waals surface area contributed by atoms with E-state index in [0.29, 0.717) is 30.5 Å². The van der Waals surface area contributed by atoms with Gasteiger partial charge in [-0.25, -0.2) is 4.79 Å². The van der Waals surface area contributed by atoms with Crippen molar-refractivity contribution in [1.29, 1.82) is 0 Å². The summed E-state index contributed by atoms with van der Waals surface area (Å²) in [4.78, 5) is 30.7. The monoisotopic (exact) mass is 574 g/mol. The summed E-state index contributed by atoms with van der Waals surface area (Å²) in [5.41, 5.74) is 1.41. The molecule has 0 bridgehead atoms. The number of hydrogen-bond acceptors (Lipinski definition) is 4. The van der Waals surface area contributed by atoms with Gasteiger partial charge in [-0.15, -0.1) is 0 Å². The lowest BCUT2D eigenvalue weighted by molar-refractivity contribution is -0.137. The van der Waals surface area contributed by atoms with Crippen LogP contribution in [-0.4, -0.2) is 71.3 Å². The second-order valence-corrected chi connectivity index (χ2v) is 12.3. The van der Waals surface area contributed by atoms with E-state index in [1.165, 1.54) is 4.90 Å². The topological polar surface area (TPSA) is 73.9 Å². The fourth-order valence-corrected chi connectivity index (χ4v) is 5.01. The first kappa shape index (κ1) is 30.3. The van der Waals surface area contributed by atoms with Crippen molar-refractivity contribution in [2.75, 3.05) is 20.6 Å². The van der Waals surface area contributed by atoms with Gasteiger partial charge in [0.25, 0.3) is 0 Å². The van der Waals surface area contributed by atoms with Crippen LogP contribution in [0.3, 0.4) is 0 Å². The predicted octanol–water partition coefficient (Wildman–Crippen LogP) is 5.31. The zero-order valence-electron chi connectivity index (χ0n) is 24.7. The maximum atomic E-state index is 14.3. The van der Waals surface area contributed by atoms with Crippen LogP contribution in [0.15, 0.2) is 72.8 Å².